The van der Waals surface area contributed by atoms with Crippen LogP contribution in [0.15, 0.2) is 29.4 Å². The van der Waals surface area contributed by atoms with Gasteiger partial charge < -0.3 is 20.6 Å². The van der Waals surface area contributed by atoms with Crippen LogP contribution in [0.25, 0.3) is 0 Å². The maximum Gasteiger partial charge on any atom is 0.409 e. The van der Waals surface area contributed by atoms with Gasteiger partial charge in [0.15, 0.2) is 5.84 Å². The summed E-state index contributed by atoms with van der Waals surface area (Å²) in [5.41, 5.74) is 6.97. The lowest BCUT2D eigenvalue weighted by molar-refractivity contribution is 0.114. The summed E-state index contributed by atoms with van der Waals surface area (Å²) in [5.74, 6) is 0.0376. The van der Waals surface area contributed by atoms with Gasteiger partial charge in [0.25, 0.3) is 0 Å². The van der Waals surface area contributed by atoms with Crippen LogP contribution in [0.1, 0.15) is 18.1 Å². The molecule has 0 aliphatic heterocycles. The van der Waals surface area contributed by atoms with Gasteiger partial charge in [-0.3, -0.25) is 0 Å². The summed E-state index contributed by atoms with van der Waals surface area (Å²) in [6, 6.07) is 7.11. The predicted octanol–water partition coefficient (Wildman–Crippen LogP) is 1.37. The van der Waals surface area contributed by atoms with Crippen LogP contribution in [0.2, 0.25) is 0 Å². The van der Waals surface area contributed by atoms with Gasteiger partial charge in [0.2, 0.25) is 0 Å². The summed E-state index contributed by atoms with van der Waals surface area (Å²) in [6.07, 6.45) is -0.383. The third-order valence-corrected chi connectivity index (χ3v) is 2.33. The number of oxime groups is 1. The van der Waals surface area contributed by atoms with E-state index in [2.05, 4.69) is 5.16 Å². The Labute approximate surface area is 106 Å². The lowest BCUT2D eigenvalue weighted by Gasteiger charge is -2.16. The number of carbonyl (C=O) groups is 1. The van der Waals surface area contributed by atoms with Gasteiger partial charge >= 0.3 is 6.09 Å². The quantitative estimate of drug-likeness (QED) is 0.366. The van der Waals surface area contributed by atoms with E-state index in [0.29, 0.717) is 18.7 Å². The first-order valence-corrected chi connectivity index (χ1v) is 5.53. The van der Waals surface area contributed by atoms with E-state index >= 15 is 0 Å². The highest BCUT2D eigenvalue weighted by Gasteiger charge is 2.10. The van der Waals surface area contributed by atoms with E-state index in [4.69, 9.17) is 15.7 Å². The van der Waals surface area contributed by atoms with Gasteiger partial charge in [-0.1, -0.05) is 23.4 Å². The fourth-order valence-electron chi connectivity index (χ4n) is 1.46. The first-order valence-electron chi connectivity index (χ1n) is 5.53. The van der Waals surface area contributed by atoms with Crippen LogP contribution >= 0.6 is 0 Å². The molecule has 1 amide bonds. The summed E-state index contributed by atoms with van der Waals surface area (Å²) in [7, 11) is 1.65. The number of nitrogens with two attached hydrogens (primary N) is 1. The van der Waals surface area contributed by atoms with Crippen molar-refractivity contribution in [3.63, 3.8) is 0 Å². The lowest BCUT2D eigenvalue weighted by atomic mass is 10.1. The van der Waals surface area contributed by atoms with Crippen LogP contribution in [0.4, 0.5) is 4.79 Å². The molecule has 6 heteroatoms. The highest BCUT2D eigenvalue weighted by atomic mass is 16.5. The molecule has 0 radical (unpaired) electrons. The first kappa shape index (κ1) is 13.8. The minimum atomic E-state index is -0.383. The van der Waals surface area contributed by atoms with Crippen molar-refractivity contribution in [2.24, 2.45) is 10.9 Å². The summed E-state index contributed by atoms with van der Waals surface area (Å²) in [6.45, 7) is 2.49. The molecular weight excluding hydrogens is 234 g/mol. The molecule has 0 spiro atoms. The first-order chi connectivity index (χ1) is 8.58. The Morgan fingerprint density at radius 1 is 1.56 bits per heavy atom. The molecule has 0 aliphatic rings. The molecule has 1 aromatic carbocycles. The average Bonchev–Trinajstić information content (AvgIpc) is 2.38. The molecule has 18 heavy (non-hydrogen) atoms. The average molecular weight is 251 g/mol. The molecule has 0 aromatic heterocycles. The van der Waals surface area contributed by atoms with Gasteiger partial charge in [0, 0.05) is 19.2 Å². The van der Waals surface area contributed by atoms with Crippen LogP contribution in [0.3, 0.4) is 0 Å². The molecule has 0 aliphatic carbocycles. The molecule has 0 saturated carbocycles. The lowest BCUT2D eigenvalue weighted by Crippen LogP contribution is -2.27. The van der Waals surface area contributed by atoms with Crippen molar-refractivity contribution in [2.75, 3.05) is 13.7 Å². The molecule has 0 heterocycles. The van der Waals surface area contributed by atoms with E-state index < -0.39 is 0 Å². The molecule has 0 saturated heterocycles. The summed E-state index contributed by atoms with van der Waals surface area (Å²) in [4.78, 5) is 12.9. The Morgan fingerprint density at radius 2 is 2.28 bits per heavy atom. The second kappa shape index (κ2) is 6.48. The number of hydrogen-bond donors (Lipinski definition) is 2. The van der Waals surface area contributed by atoms with Crippen molar-refractivity contribution < 1.29 is 14.7 Å². The Morgan fingerprint density at radius 3 is 2.89 bits per heavy atom. The molecular formula is C12H17N3O3. The number of ether oxygens (including phenoxy) is 1. The number of amidine groups is 1. The summed E-state index contributed by atoms with van der Waals surface area (Å²) in [5, 5.41) is 11.5. The monoisotopic (exact) mass is 251 g/mol. The van der Waals surface area contributed by atoms with Gasteiger partial charge in [0.05, 0.1) is 6.61 Å². The van der Waals surface area contributed by atoms with Crippen molar-refractivity contribution >= 4 is 11.9 Å². The number of rotatable bonds is 4. The van der Waals surface area contributed by atoms with Gasteiger partial charge in [0.1, 0.15) is 0 Å². The highest BCUT2D eigenvalue weighted by Crippen LogP contribution is 2.08. The Kier molecular flexibility index (Phi) is 4.98. The molecule has 0 unspecified atom stereocenters. The standard InChI is InChI=1S/C12H17N3O3/c1-3-18-12(16)15(2)8-9-5-4-6-10(7-9)11(13)14-17/h4-7,17H,3,8H2,1-2H3,(H2,13,14). The van der Waals surface area contributed by atoms with Gasteiger partial charge in [-0.15, -0.1) is 0 Å². The minimum Gasteiger partial charge on any atom is -0.450 e. The molecule has 0 atom stereocenters. The summed E-state index contributed by atoms with van der Waals surface area (Å²) >= 11 is 0. The maximum atomic E-state index is 11.4. The topological polar surface area (TPSA) is 88.2 Å². The molecule has 6 nitrogen and oxygen atoms in total. The maximum absolute atomic E-state index is 11.4. The van der Waals surface area contributed by atoms with Crippen molar-refractivity contribution in [3.05, 3.63) is 35.4 Å². The predicted molar refractivity (Wildman–Crippen MR) is 67.4 cm³/mol. The zero-order valence-electron chi connectivity index (χ0n) is 10.5. The summed E-state index contributed by atoms with van der Waals surface area (Å²) < 4.78 is 4.87. The van der Waals surface area contributed by atoms with Crippen molar-refractivity contribution in [1.82, 2.24) is 4.90 Å². The second-order valence-corrected chi connectivity index (χ2v) is 3.74. The van der Waals surface area contributed by atoms with E-state index in [9.17, 15) is 4.79 Å². The van der Waals surface area contributed by atoms with Crippen LogP contribution in [-0.4, -0.2) is 35.7 Å². The fraction of sp³-hybridized carbons (Fsp3) is 0.333. The normalized spacial score (nSPS) is 11.1. The third-order valence-electron chi connectivity index (χ3n) is 2.33. The Bertz CT molecular complexity index is 446. The van der Waals surface area contributed by atoms with Gasteiger partial charge in [-0.05, 0) is 18.6 Å². The zero-order valence-corrected chi connectivity index (χ0v) is 10.5. The molecule has 0 fully saturated rings. The van der Waals surface area contributed by atoms with Crippen LogP contribution < -0.4 is 5.73 Å². The number of amides is 1. The van der Waals surface area contributed by atoms with E-state index in [0.717, 1.165) is 5.56 Å². The molecule has 3 N–H and O–H groups in total. The molecule has 0 bridgehead atoms. The highest BCUT2D eigenvalue weighted by molar-refractivity contribution is 5.97. The van der Waals surface area contributed by atoms with Gasteiger partial charge in [-0.2, -0.15) is 0 Å². The molecule has 1 aromatic rings. The number of nitrogens with zero attached hydrogens (tertiary/aromatic N) is 2. The van der Waals surface area contributed by atoms with Crippen LogP contribution in [0, 0.1) is 0 Å². The van der Waals surface area contributed by atoms with Crippen LogP contribution in [0.5, 0.6) is 0 Å². The van der Waals surface area contributed by atoms with Crippen molar-refractivity contribution in [1.29, 1.82) is 0 Å². The van der Waals surface area contributed by atoms with Crippen molar-refractivity contribution in [3.8, 4) is 0 Å². The van der Waals surface area contributed by atoms with Crippen LogP contribution in [-0.2, 0) is 11.3 Å². The number of benzene rings is 1. The third kappa shape index (κ3) is 3.65. The number of carbonyl (C=O) groups excluding carboxylic acids is 1. The minimum absolute atomic E-state index is 0.0376. The Balaban J connectivity index is 2.76. The van der Waals surface area contributed by atoms with Gasteiger partial charge in [-0.25, -0.2) is 4.79 Å². The molecule has 98 valence electrons. The van der Waals surface area contributed by atoms with E-state index in [1.807, 2.05) is 6.07 Å². The van der Waals surface area contributed by atoms with E-state index in [1.165, 1.54) is 4.90 Å². The zero-order chi connectivity index (χ0) is 13.5. The SMILES string of the molecule is CCOC(=O)N(C)Cc1cccc(C(N)=NO)c1. The van der Waals surface area contributed by atoms with E-state index in [-0.39, 0.29) is 11.9 Å². The van der Waals surface area contributed by atoms with Crippen molar-refractivity contribution in [2.45, 2.75) is 13.5 Å². The largest absolute Gasteiger partial charge is 0.450 e. The molecule has 1 rings (SSSR count). The number of hydrogen-bond acceptors (Lipinski definition) is 4. The smallest absolute Gasteiger partial charge is 0.409 e. The fourth-order valence-corrected chi connectivity index (χ4v) is 1.46. The Hall–Kier alpha value is -2.24. The van der Waals surface area contributed by atoms with E-state index in [1.54, 1.807) is 32.2 Å². The second-order valence-electron chi connectivity index (χ2n) is 3.74.